The van der Waals surface area contributed by atoms with Gasteiger partial charge in [0.15, 0.2) is 0 Å². The lowest BCUT2D eigenvalue weighted by Crippen LogP contribution is -2.32. The van der Waals surface area contributed by atoms with Crippen molar-refractivity contribution in [3.05, 3.63) is 77.2 Å². The van der Waals surface area contributed by atoms with Crippen molar-refractivity contribution in [1.82, 2.24) is 29.9 Å². The number of hydrogen-bond donors (Lipinski definition) is 1. The van der Waals surface area contributed by atoms with Crippen molar-refractivity contribution in [2.45, 2.75) is 32.3 Å². The lowest BCUT2D eigenvalue weighted by molar-refractivity contribution is 0.0853. The van der Waals surface area contributed by atoms with Gasteiger partial charge < -0.3 is 10.1 Å². The second-order valence-electron chi connectivity index (χ2n) is 9.11. The Kier molecular flexibility index (Phi) is 6.46. The van der Waals surface area contributed by atoms with Crippen LogP contribution in [-0.2, 0) is 25.3 Å². The first kappa shape index (κ1) is 23.0. The molecule has 0 unspecified atom stereocenters. The predicted octanol–water partition coefficient (Wildman–Crippen LogP) is 3.69. The number of amides is 1. The van der Waals surface area contributed by atoms with Crippen molar-refractivity contribution in [3.63, 3.8) is 0 Å². The number of ether oxygens (including phenoxy) is 1. The van der Waals surface area contributed by atoms with Crippen LogP contribution in [0, 0.1) is 6.92 Å². The Balaban J connectivity index is 1.43. The van der Waals surface area contributed by atoms with Crippen LogP contribution in [0.15, 0.2) is 54.9 Å². The van der Waals surface area contributed by atoms with Crippen molar-refractivity contribution >= 4 is 5.91 Å². The van der Waals surface area contributed by atoms with Crippen LogP contribution in [0.3, 0.4) is 0 Å². The Morgan fingerprint density at radius 1 is 1.06 bits per heavy atom. The molecular weight excluding hydrogens is 440 g/mol. The first-order valence-corrected chi connectivity index (χ1v) is 12.0. The van der Waals surface area contributed by atoms with Gasteiger partial charge in [0, 0.05) is 45.2 Å². The molecule has 0 spiro atoms. The van der Waals surface area contributed by atoms with Gasteiger partial charge in [0.25, 0.3) is 5.91 Å². The van der Waals surface area contributed by atoms with Gasteiger partial charge >= 0.3 is 0 Å². The lowest BCUT2D eigenvalue weighted by Gasteiger charge is -2.14. The average molecular weight is 471 g/mol. The molecule has 0 saturated carbocycles. The first-order valence-electron chi connectivity index (χ1n) is 12.0. The number of carbonyl (C=O) groups excluding carboxylic acids is 1. The van der Waals surface area contributed by atoms with Gasteiger partial charge in [-0.25, -0.2) is 4.98 Å². The largest absolute Gasteiger partial charge is 0.376 e. The molecule has 180 valence electrons. The van der Waals surface area contributed by atoms with Crippen molar-refractivity contribution in [2.24, 2.45) is 14.1 Å². The van der Waals surface area contributed by atoms with Crippen molar-refractivity contribution in [3.8, 4) is 22.6 Å². The fraction of sp³-hybridized carbons (Fsp3) is 0.333. The maximum Gasteiger partial charge on any atom is 0.270 e. The molecule has 1 N–H and O–H groups in total. The number of nitrogens with zero attached hydrogens (tertiary/aromatic N) is 5. The average Bonchev–Trinajstić information content (AvgIpc) is 3.62. The molecule has 1 aliphatic rings. The highest BCUT2D eigenvalue weighted by Crippen LogP contribution is 2.26. The zero-order chi connectivity index (χ0) is 24.4. The van der Waals surface area contributed by atoms with E-state index in [2.05, 4.69) is 39.8 Å². The van der Waals surface area contributed by atoms with Crippen LogP contribution >= 0.6 is 0 Å². The maximum atomic E-state index is 13.0. The lowest BCUT2D eigenvalue weighted by atomic mass is 9.97. The van der Waals surface area contributed by atoms with E-state index in [-0.39, 0.29) is 12.0 Å². The number of carbonyl (C=O) groups is 1. The second-order valence-corrected chi connectivity index (χ2v) is 9.11. The molecule has 4 aromatic rings. The van der Waals surface area contributed by atoms with Crippen LogP contribution < -0.4 is 5.32 Å². The normalized spacial score (nSPS) is 15.5. The molecule has 1 atom stereocenters. The molecule has 1 amide bonds. The minimum Gasteiger partial charge on any atom is -0.376 e. The van der Waals surface area contributed by atoms with Gasteiger partial charge in [0.05, 0.1) is 17.5 Å². The molecule has 0 aliphatic carbocycles. The summed E-state index contributed by atoms with van der Waals surface area (Å²) in [6.07, 6.45) is 6.60. The Morgan fingerprint density at radius 3 is 2.40 bits per heavy atom. The molecule has 8 heteroatoms. The van der Waals surface area contributed by atoms with Gasteiger partial charge in [-0.1, -0.05) is 24.3 Å². The van der Waals surface area contributed by atoms with E-state index in [1.807, 2.05) is 51.6 Å². The first-order chi connectivity index (χ1) is 17.0. The molecule has 1 aromatic carbocycles. The van der Waals surface area contributed by atoms with Crippen LogP contribution in [0.5, 0.6) is 0 Å². The summed E-state index contributed by atoms with van der Waals surface area (Å²) in [7, 11) is 3.79. The van der Waals surface area contributed by atoms with Crippen LogP contribution in [0.4, 0.5) is 0 Å². The van der Waals surface area contributed by atoms with E-state index < -0.39 is 0 Å². The summed E-state index contributed by atoms with van der Waals surface area (Å²) >= 11 is 0. The van der Waals surface area contributed by atoms with E-state index >= 15 is 0 Å². The molecule has 3 aromatic heterocycles. The van der Waals surface area contributed by atoms with E-state index in [1.165, 1.54) is 0 Å². The predicted molar refractivity (Wildman–Crippen MR) is 134 cm³/mol. The number of rotatable bonds is 7. The third-order valence-corrected chi connectivity index (χ3v) is 6.44. The van der Waals surface area contributed by atoms with Crippen LogP contribution in [0.2, 0.25) is 0 Å². The minimum atomic E-state index is -0.190. The third-order valence-electron chi connectivity index (χ3n) is 6.44. The van der Waals surface area contributed by atoms with Crippen molar-refractivity contribution in [1.29, 1.82) is 0 Å². The van der Waals surface area contributed by atoms with E-state index in [4.69, 9.17) is 9.72 Å². The molecule has 8 nitrogen and oxygen atoms in total. The topological polar surface area (TPSA) is 86.9 Å². The summed E-state index contributed by atoms with van der Waals surface area (Å²) in [4.78, 5) is 17.8. The molecule has 1 fully saturated rings. The van der Waals surface area contributed by atoms with Gasteiger partial charge in [-0.15, -0.1) is 0 Å². The number of hydrogen-bond acceptors (Lipinski definition) is 5. The molecule has 35 heavy (non-hydrogen) atoms. The van der Waals surface area contributed by atoms with E-state index in [0.29, 0.717) is 18.7 Å². The maximum absolute atomic E-state index is 13.0. The Morgan fingerprint density at radius 2 is 1.77 bits per heavy atom. The number of nitrogens with one attached hydrogen (secondary N) is 1. The standard InChI is InChI=1S/C27H30N6O2/c1-18-21(15-19-6-8-20(9-7-19)23-10-12-32(2)30-23)16-25(27(34)28-17-22-5-4-14-35-22)29-26(18)24-11-13-33(3)31-24/h6-13,16,22H,4-5,14-15,17H2,1-3H3,(H,28,34)/t22-/m1/s1. The molecule has 0 radical (unpaired) electrons. The molecule has 1 aliphatic heterocycles. The summed E-state index contributed by atoms with van der Waals surface area (Å²) in [5, 5.41) is 12.0. The summed E-state index contributed by atoms with van der Waals surface area (Å²) in [6, 6.07) is 14.2. The molecule has 1 saturated heterocycles. The zero-order valence-electron chi connectivity index (χ0n) is 20.4. The number of aromatic nitrogens is 5. The fourth-order valence-electron chi connectivity index (χ4n) is 4.44. The summed E-state index contributed by atoms with van der Waals surface area (Å²) in [5.74, 6) is -0.190. The molecule has 0 bridgehead atoms. The third kappa shape index (κ3) is 5.17. The molecule has 4 heterocycles. The minimum absolute atomic E-state index is 0.0803. The van der Waals surface area contributed by atoms with Gasteiger partial charge in [0.1, 0.15) is 11.4 Å². The fourth-order valence-corrected chi connectivity index (χ4v) is 4.44. The highest BCUT2D eigenvalue weighted by Gasteiger charge is 2.20. The summed E-state index contributed by atoms with van der Waals surface area (Å²) in [5.41, 5.74) is 7.12. The van der Waals surface area contributed by atoms with Crippen LogP contribution in [0.25, 0.3) is 22.6 Å². The SMILES string of the molecule is Cc1c(Cc2ccc(-c3ccn(C)n3)cc2)cc(C(=O)NC[C@H]2CCCO2)nc1-c1ccn(C)n1. The molecular formula is C27H30N6O2. The summed E-state index contributed by atoms with van der Waals surface area (Å²) in [6.45, 7) is 3.30. The molecule has 5 rings (SSSR count). The Bertz CT molecular complexity index is 1330. The van der Waals surface area contributed by atoms with Crippen LogP contribution in [0.1, 0.15) is 40.0 Å². The van der Waals surface area contributed by atoms with E-state index in [1.54, 1.807) is 9.36 Å². The van der Waals surface area contributed by atoms with Gasteiger partial charge in [-0.05, 0) is 61.1 Å². The summed E-state index contributed by atoms with van der Waals surface area (Å²) < 4.78 is 9.19. The highest BCUT2D eigenvalue weighted by molar-refractivity contribution is 5.93. The number of benzene rings is 1. The second kappa shape index (κ2) is 9.84. The Labute approximate surface area is 205 Å². The highest BCUT2D eigenvalue weighted by atomic mass is 16.5. The van der Waals surface area contributed by atoms with E-state index in [0.717, 1.165) is 58.8 Å². The van der Waals surface area contributed by atoms with E-state index in [9.17, 15) is 4.79 Å². The van der Waals surface area contributed by atoms with Crippen LogP contribution in [-0.4, -0.2) is 49.7 Å². The Hall–Kier alpha value is -3.78. The van der Waals surface area contributed by atoms with Gasteiger partial charge in [-0.3, -0.25) is 14.2 Å². The van der Waals surface area contributed by atoms with Gasteiger partial charge in [0.2, 0.25) is 0 Å². The van der Waals surface area contributed by atoms with Crippen molar-refractivity contribution < 1.29 is 9.53 Å². The zero-order valence-corrected chi connectivity index (χ0v) is 20.4. The van der Waals surface area contributed by atoms with Gasteiger partial charge in [-0.2, -0.15) is 10.2 Å². The quantitative estimate of drug-likeness (QED) is 0.445. The smallest absolute Gasteiger partial charge is 0.270 e. The number of pyridine rings is 1. The number of aryl methyl sites for hydroxylation is 2. The van der Waals surface area contributed by atoms with Crippen molar-refractivity contribution in [2.75, 3.05) is 13.2 Å². The monoisotopic (exact) mass is 470 g/mol.